The summed E-state index contributed by atoms with van der Waals surface area (Å²) in [5.74, 6) is -1.13. The fourth-order valence-electron chi connectivity index (χ4n) is 0.634. The van der Waals surface area contributed by atoms with E-state index >= 15 is 0 Å². The lowest BCUT2D eigenvalue weighted by Crippen LogP contribution is -1.95. The average molecular weight is 171 g/mol. The zero-order valence-corrected chi connectivity index (χ0v) is 6.61. The maximum absolute atomic E-state index is 10.3. The molecule has 1 aromatic heterocycles. The van der Waals surface area contributed by atoms with Crippen LogP contribution in [0.25, 0.3) is 0 Å². The van der Waals surface area contributed by atoms with Crippen molar-refractivity contribution in [2.45, 2.75) is 13.3 Å². The van der Waals surface area contributed by atoms with E-state index in [1.54, 1.807) is 0 Å². The topological polar surface area (TPSA) is 72.6 Å². The number of ether oxygens (including phenoxy) is 1. The summed E-state index contributed by atoms with van der Waals surface area (Å²) in [5, 5.41) is 11.8. The second-order valence-corrected chi connectivity index (χ2v) is 2.18. The fraction of sp³-hybridized carbons (Fsp3) is 0.429. The van der Waals surface area contributed by atoms with Gasteiger partial charge in [0, 0.05) is 0 Å². The maximum Gasteiger partial charge on any atom is 0.374 e. The van der Waals surface area contributed by atoms with Gasteiger partial charge in [0.2, 0.25) is 5.76 Å². The number of nitrogens with zero attached hydrogens (tertiary/aromatic N) is 1. The van der Waals surface area contributed by atoms with E-state index in [4.69, 9.17) is 9.84 Å². The quantitative estimate of drug-likeness (QED) is 0.735. The zero-order valence-electron chi connectivity index (χ0n) is 6.61. The molecule has 0 bridgehead atoms. The van der Waals surface area contributed by atoms with Crippen LogP contribution in [0, 0.1) is 0 Å². The molecule has 1 N–H and O–H groups in total. The van der Waals surface area contributed by atoms with E-state index < -0.39 is 5.97 Å². The van der Waals surface area contributed by atoms with Crippen LogP contribution in [0.5, 0.6) is 5.88 Å². The minimum Gasteiger partial charge on any atom is -0.476 e. The molecule has 0 aliphatic carbocycles. The second kappa shape index (κ2) is 3.75. The van der Waals surface area contributed by atoms with E-state index in [1.807, 2.05) is 6.92 Å². The molecule has 0 saturated heterocycles. The normalized spacial score (nSPS) is 9.75. The van der Waals surface area contributed by atoms with E-state index in [2.05, 4.69) is 9.68 Å². The minimum atomic E-state index is -1.14. The third-order valence-corrected chi connectivity index (χ3v) is 1.15. The summed E-state index contributed by atoms with van der Waals surface area (Å²) in [6.07, 6.45) is 0.843. The average Bonchev–Trinajstić information content (AvgIpc) is 2.48. The number of hydrogen-bond donors (Lipinski definition) is 1. The molecule has 12 heavy (non-hydrogen) atoms. The van der Waals surface area contributed by atoms with Crippen LogP contribution >= 0.6 is 0 Å². The lowest BCUT2D eigenvalue weighted by atomic mass is 10.4. The van der Waals surface area contributed by atoms with Crippen LogP contribution in [-0.2, 0) is 0 Å². The molecule has 0 atom stereocenters. The Balaban J connectivity index is 2.58. The van der Waals surface area contributed by atoms with Crippen LogP contribution in [0.15, 0.2) is 10.6 Å². The lowest BCUT2D eigenvalue weighted by molar-refractivity contribution is 0.0651. The zero-order chi connectivity index (χ0) is 8.97. The first-order valence-electron chi connectivity index (χ1n) is 3.57. The summed E-state index contributed by atoms with van der Waals surface area (Å²) >= 11 is 0. The summed E-state index contributed by atoms with van der Waals surface area (Å²) in [4.78, 5) is 10.3. The molecular weight excluding hydrogens is 162 g/mol. The van der Waals surface area contributed by atoms with Gasteiger partial charge in [0.1, 0.15) is 0 Å². The maximum atomic E-state index is 10.3. The van der Waals surface area contributed by atoms with Crippen LogP contribution in [0.3, 0.4) is 0 Å². The van der Waals surface area contributed by atoms with Crippen molar-refractivity contribution < 1.29 is 19.2 Å². The second-order valence-electron chi connectivity index (χ2n) is 2.18. The summed E-state index contributed by atoms with van der Waals surface area (Å²) in [6, 6.07) is 1.25. The van der Waals surface area contributed by atoms with E-state index in [9.17, 15) is 4.79 Å². The Bertz CT molecular complexity index is 268. The Kier molecular flexibility index (Phi) is 2.68. The van der Waals surface area contributed by atoms with Gasteiger partial charge >= 0.3 is 5.97 Å². The molecule has 1 aromatic rings. The molecule has 0 radical (unpaired) electrons. The molecule has 1 rings (SSSR count). The van der Waals surface area contributed by atoms with Gasteiger partial charge in [0.25, 0.3) is 5.88 Å². The largest absolute Gasteiger partial charge is 0.476 e. The monoisotopic (exact) mass is 171 g/mol. The Hall–Kier alpha value is -1.52. The molecule has 66 valence electrons. The number of carboxylic acids is 1. The Labute approximate surface area is 68.9 Å². The van der Waals surface area contributed by atoms with Gasteiger partial charge < -0.3 is 14.4 Å². The van der Waals surface area contributed by atoms with Crippen molar-refractivity contribution in [3.63, 3.8) is 0 Å². The van der Waals surface area contributed by atoms with Crippen molar-refractivity contribution in [1.82, 2.24) is 5.16 Å². The minimum absolute atomic E-state index is 0.207. The van der Waals surface area contributed by atoms with Gasteiger partial charge in [-0.15, -0.1) is 0 Å². The fourth-order valence-corrected chi connectivity index (χ4v) is 0.634. The molecular formula is C7H9NO4. The van der Waals surface area contributed by atoms with Gasteiger partial charge in [-0.05, 0) is 11.6 Å². The molecule has 5 heteroatoms. The summed E-state index contributed by atoms with van der Waals surface area (Å²) in [6.45, 7) is 2.45. The van der Waals surface area contributed by atoms with Gasteiger partial charge in [0.05, 0.1) is 12.7 Å². The molecule has 0 spiro atoms. The number of hydrogen-bond acceptors (Lipinski definition) is 4. The molecule has 0 aliphatic rings. The smallest absolute Gasteiger partial charge is 0.374 e. The van der Waals surface area contributed by atoms with Crippen LogP contribution < -0.4 is 4.74 Å². The van der Waals surface area contributed by atoms with Crippen LogP contribution in [0.1, 0.15) is 23.9 Å². The molecule has 0 aromatic carbocycles. The van der Waals surface area contributed by atoms with Crippen LogP contribution in [0.4, 0.5) is 0 Å². The van der Waals surface area contributed by atoms with Gasteiger partial charge in [-0.1, -0.05) is 6.92 Å². The molecule has 0 amide bonds. The number of aromatic carboxylic acids is 1. The molecule has 1 heterocycles. The molecule has 5 nitrogen and oxygen atoms in total. The molecule has 0 aliphatic heterocycles. The number of carboxylic acid groups (broad SMARTS) is 1. The highest BCUT2D eigenvalue weighted by Gasteiger charge is 2.10. The number of aromatic nitrogens is 1. The van der Waals surface area contributed by atoms with Gasteiger partial charge in [-0.3, -0.25) is 0 Å². The highest BCUT2D eigenvalue weighted by Crippen LogP contribution is 2.10. The standard InChI is InChI=1S/C7H9NO4/c1-2-3-11-6-4-5(7(9)10)12-8-6/h4H,2-3H2,1H3,(H,9,10). The van der Waals surface area contributed by atoms with Crippen molar-refractivity contribution in [3.8, 4) is 5.88 Å². The molecule has 0 unspecified atom stereocenters. The first kappa shape index (κ1) is 8.58. The third-order valence-electron chi connectivity index (χ3n) is 1.15. The van der Waals surface area contributed by atoms with Gasteiger partial charge in [0.15, 0.2) is 0 Å². The first-order chi connectivity index (χ1) is 5.74. The Morgan fingerprint density at radius 1 is 1.83 bits per heavy atom. The van der Waals surface area contributed by atoms with Crippen LogP contribution in [-0.4, -0.2) is 22.8 Å². The summed E-state index contributed by atoms with van der Waals surface area (Å²) < 4.78 is 9.47. The summed E-state index contributed by atoms with van der Waals surface area (Å²) in [7, 11) is 0. The highest BCUT2D eigenvalue weighted by atomic mass is 16.5. The van der Waals surface area contributed by atoms with E-state index in [0.29, 0.717) is 6.61 Å². The Morgan fingerprint density at radius 2 is 2.58 bits per heavy atom. The van der Waals surface area contributed by atoms with Crippen molar-refractivity contribution >= 4 is 5.97 Å². The molecule has 0 saturated carbocycles. The number of carbonyl (C=O) groups is 1. The Morgan fingerprint density at radius 3 is 3.08 bits per heavy atom. The van der Waals surface area contributed by atoms with Gasteiger partial charge in [-0.25, -0.2) is 4.79 Å². The van der Waals surface area contributed by atoms with Crippen molar-refractivity contribution in [2.75, 3.05) is 6.61 Å². The van der Waals surface area contributed by atoms with E-state index in [0.717, 1.165) is 6.42 Å². The van der Waals surface area contributed by atoms with Crippen molar-refractivity contribution in [2.24, 2.45) is 0 Å². The summed E-state index contributed by atoms with van der Waals surface area (Å²) in [5.41, 5.74) is 0. The third kappa shape index (κ3) is 1.98. The van der Waals surface area contributed by atoms with E-state index in [1.165, 1.54) is 6.07 Å². The van der Waals surface area contributed by atoms with Crippen molar-refractivity contribution in [1.29, 1.82) is 0 Å². The van der Waals surface area contributed by atoms with Crippen LogP contribution in [0.2, 0.25) is 0 Å². The molecule has 0 fully saturated rings. The SMILES string of the molecule is CCCOc1cc(C(=O)O)on1. The lowest BCUT2D eigenvalue weighted by Gasteiger charge is -1.95. The highest BCUT2D eigenvalue weighted by molar-refractivity contribution is 5.84. The van der Waals surface area contributed by atoms with Gasteiger partial charge in [-0.2, -0.15) is 0 Å². The van der Waals surface area contributed by atoms with Crippen molar-refractivity contribution in [3.05, 3.63) is 11.8 Å². The predicted octanol–water partition coefficient (Wildman–Crippen LogP) is 1.16. The number of rotatable bonds is 4. The first-order valence-corrected chi connectivity index (χ1v) is 3.57. The predicted molar refractivity (Wildman–Crippen MR) is 39.2 cm³/mol. The van der Waals surface area contributed by atoms with E-state index in [-0.39, 0.29) is 11.6 Å².